The number of nitrogens with one attached hydrogen (secondary N) is 1. The summed E-state index contributed by atoms with van der Waals surface area (Å²) in [7, 11) is 0. The number of nitrogens with zero attached hydrogens (tertiary/aromatic N) is 3. The molecule has 7 nitrogen and oxygen atoms in total. The molecular formula is C23H29N5O2S2. The number of hydrogen-bond acceptors (Lipinski definition) is 8. The van der Waals surface area contributed by atoms with Gasteiger partial charge in [-0.3, -0.25) is 4.79 Å². The molecule has 4 rings (SSSR count). The van der Waals surface area contributed by atoms with Crippen LogP contribution in [0.4, 0.5) is 10.8 Å². The Bertz CT molecular complexity index is 1060. The Morgan fingerprint density at radius 1 is 1.28 bits per heavy atom. The maximum atomic E-state index is 12.8. The van der Waals surface area contributed by atoms with Gasteiger partial charge in [-0.25, -0.2) is 9.97 Å². The van der Waals surface area contributed by atoms with E-state index in [2.05, 4.69) is 36.1 Å². The normalized spacial score (nSPS) is 16.8. The van der Waals surface area contributed by atoms with E-state index in [9.17, 15) is 4.79 Å². The Kier molecular flexibility index (Phi) is 6.76. The molecule has 1 aromatic carbocycles. The Morgan fingerprint density at radius 3 is 2.78 bits per heavy atom. The van der Waals surface area contributed by atoms with Gasteiger partial charge in [0, 0.05) is 35.8 Å². The minimum absolute atomic E-state index is 0.0410. The Morgan fingerprint density at radius 2 is 2.06 bits per heavy atom. The smallest absolute Gasteiger partial charge is 0.253 e. The maximum Gasteiger partial charge on any atom is 0.253 e. The number of amides is 1. The lowest BCUT2D eigenvalue weighted by molar-refractivity contribution is 0.0715. The molecule has 0 radical (unpaired) electrons. The molecular weight excluding hydrogens is 442 g/mol. The Balaban J connectivity index is 1.30. The van der Waals surface area contributed by atoms with Gasteiger partial charge in [-0.05, 0) is 37.1 Å². The Labute approximate surface area is 196 Å². The van der Waals surface area contributed by atoms with Gasteiger partial charge in [0.25, 0.3) is 5.91 Å². The molecule has 3 N–H and O–H groups in total. The fraction of sp³-hybridized carbons (Fsp3) is 0.435. The number of thiazole rings is 1. The van der Waals surface area contributed by atoms with Crippen molar-refractivity contribution in [3.63, 3.8) is 0 Å². The molecule has 32 heavy (non-hydrogen) atoms. The minimum Gasteiger partial charge on any atom is -0.444 e. The van der Waals surface area contributed by atoms with Crippen molar-refractivity contribution in [2.45, 2.75) is 55.0 Å². The second kappa shape index (κ2) is 9.54. The molecule has 0 spiro atoms. The van der Waals surface area contributed by atoms with Crippen LogP contribution in [0.15, 0.2) is 45.3 Å². The largest absolute Gasteiger partial charge is 0.444 e. The first-order chi connectivity index (χ1) is 15.3. The molecule has 2 aromatic heterocycles. The summed E-state index contributed by atoms with van der Waals surface area (Å²) in [6, 6.07) is 7.30. The van der Waals surface area contributed by atoms with E-state index in [1.165, 1.54) is 0 Å². The van der Waals surface area contributed by atoms with Gasteiger partial charge in [0.15, 0.2) is 5.13 Å². The van der Waals surface area contributed by atoms with E-state index in [1.54, 1.807) is 47.4 Å². The molecule has 1 saturated heterocycles. The summed E-state index contributed by atoms with van der Waals surface area (Å²) < 4.78 is 6.97. The number of aromatic nitrogens is 2. The lowest BCUT2D eigenvalue weighted by Crippen LogP contribution is -2.45. The summed E-state index contributed by atoms with van der Waals surface area (Å²) in [5.74, 6) is 2.35. The second-order valence-corrected chi connectivity index (χ2v) is 11.3. The summed E-state index contributed by atoms with van der Waals surface area (Å²) in [4.78, 5) is 23.6. The van der Waals surface area contributed by atoms with Crippen molar-refractivity contribution in [3.8, 4) is 0 Å². The van der Waals surface area contributed by atoms with Crippen molar-refractivity contribution in [2.24, 2.45) is 0 Å². The number of thioether (sulfide) groups is 1. The quantitative estimate of drug-likeness (QED) is 0.385. The molecule has 3 heterocycles. The van der Waals surface area contributed by atoms with Gasteiger partial charge in [-0.1, -0.05) is 32.1 Å². The number of benzene rings is 1. The van der Waals surface area contributed by atoms with Gasteiger partial charge in [0.05, 0.1) is 22.4 Å². The van der Waals surface area contributed by atoms with Crippen LogP contribution in [0.3, 0.4) is 0 Å². The van der Waals surface area contributed by atoms with E-state index in [-0.39, 0.29) is 17.4 Å². The summed E-state index contributed by atoms with van der Waals surface area (Å²) in [5, 5.41) is 4.39. The van der Waals surface area contributed by atoms with Gasteiger partial charge in [-0.15, -0.1) is 11.8 Å². The van der Waals surface area contributed by atoms with E-state index < -0.39 is 0 Å². The first-order valence-corrected chi connectivity index (χ1v) is 12.5. The maximum absolute atomic E-state index is 12.8. The highest BCUT2D eigenvalue weighted by atomic mass is 32.2. The molecule has 170 valence electrons. The summed E-state index contributed by atoms with van der Waals surface area (Å²) in [6.07, 6.45) is 5.67. The third-order valence-corrected chi connectivity index (χ3v) is 7.42. The Hall–Kier alpha value is -2.52. The van der Waals surface area contributed by atoms with E-state index in [0.717, 1.165) is 40.4 Å². The number of carbonyl (C=O) groups is 1. The molecule has 0 aliphatic carbocycles. The molecule has 1 aliphatic rings. The molecule has 1 aliphatic heterocycles. The number of oxazole rings is 1. The number of carbonyl (C=O) groups excluding carboxylic acids is 1. The van der Waals surface area contributed by atoms with Crippen LogP contribution in [0, 0.1) is 0 Å². The third kappa shape index (κ3) is 5.63. The molecule has 1 fully saturated rings. The molecule has 9 heteroatoms. The first-order valence-electron chi connectivity index (χ1n) is 10.7. The number of anilines is 2. The third-order valence-electron chi connectivity index (χ3n) is 5.31. The van der Waals surface area contributed by atoms with Crippen LogP contribution >= 0.6 is 23.1 Å². The number of nitrogens with two attached hydrogens (primary N) is 1. The fourth-order valence-electron chi connectivity index (χ4n) is 3.51. The standard InChI is InChI=1S/C23H29N5O2S2/c1-23(2,3)18-11-25-19(30-18)14-31-20-12-26-22(32-20)27-17-5-4-10-28(13-17)21(29)15-6-8-16(24)9-7-15/h6-9,11-12,17H,4-5,10,13-14,24H2,1-3H3,(H,26,27). The zero-order valence-electron chi connectivity index (χ0n) is 18.6. The molecule has 1 atom stereocenters. The highest BCUT2D eigenvalue weighted by Gasteiger charge is 2.25. The van der Waals surface area contributed by atoms with Crippen molar-refractivity contribution >= 4 is 39.8 Å². The van der Waals surface area contributed by atoms with E-state index in [0.29, 0.717) is 23.5 Å². The summed E-state index contributed by atoms with van der Waals surface area (Å²) in [6.45, 7) is 7.77. The number of piperidine rings is 1. The molecule has 0 saturated carbocycles. The van der Waals surface area contributed by atoms with Crippen LogP contribution in [-0.4, -0.2) is 39.9 Å². The van der Waals surface area contributed by atoms with Crippen LogP contribution in [0.25, 0.3) is 0 Å². The average Bonchev–Trinajstić information content (AvgIpc) is 3.42. The predicted molar refractivity (Wildman–Crippen MR) is 130 cm³/mol. The minimum atomic E-state index is -0.0410. The van der Waals surface area contributed by atoms with Gasteiger partial charge in [0.2, 0.25) is 5.89 Å². The van der Waals surface area contributed by atoms with E-state index >= 15 is 0 Å². The highest BCUT2D eigenvalue weighted by molar-refractivity contribution is 8.00. The molecule has 3 aromatic rings. The highest BCUT2D eigenvalue weighted by Crippen LogP contribution is 2.32. The fourth-order valence-corrected chi connectivity index (χ4v) is 5.31. The lowest BCUT2D eigenvalue weighted by Gasteiger charge is -2.33. The van der Waals surface area contributed by atoms with Crippen molar-refractivity contribution in [3.05, 3.63) is 53.9 Å². The van der Waals surface area contributed by atoms with Crippen molar-refractivity contribution in [1.29, 1.82) is 0 Å². The SMILES string of the molecule is CC(C)(C)c1cnc(CSc2cnc(NC3CCCN(C(=O)c4ccc(N)cc4)C3)s2)o1. The monoisotopic (exact) mass is 471 g/mol. The van der Waals surface area contributed by atoms with E-state index in [1.807, 2.05) is 17.3 Å². The molecule has 1 amide bonds. The number of hydrogen-bond donors (Lipinski definition) is 2. The zero-order chi connectivity index (χ0) is 22.7. The number of nitrogen functional groups attached to an aromatic ring is 1. The van der Waals surface area contributed by atoms with Crippen LogP contribution in [-0.2, 0) is 11.2 Å². The van der Waals surface area contributed by atoms with E-state index in [4.69, 9.17) is 10.2 Å². The lowest BCUT2D eigenvalue weighted by atomic mass is 9.94. The first kappa shape index (κ1) is 22.7. The second-order valence-electron chi connectivity index (χ2n) is 9.00. The van der Waals surface area contributed by atoms with Gasteiger partial charge in [-0.2, -0.15) is 0 Å². The molecule has 1 unspecified atom stereocenters. The summed E-state index contributed by atoms with van der Waals surface area (Å²) >= 11 is 3.29. The topological polar surface area (TPSA) is 97.3 Å². The van der Waals surface area contributed by atoms with Gasteiger partial charge < -0.3 is 20.4 Å². The predicted octanol–water partition coefficient (Wildman–Crippen LogP) is 5.02. The van der Waals surface area contributed by atoms with Crippen molar-refractivity contribution in [2.75, 3.05) is 24.1 Å². The van der Waals surface area contributed by atoms with Crippen molar-refractivity contribution < 1.29 is 9.21 Å². The number of likely N-dealkylation sites (tertiary alicyclic amines) is 1. The molecule has 0 bridgehead atoms. The summed E-state index contributed by atoms with van der Waals surface area (Å²) in [5.41, 5.74) is 7.03. The van der Waals surface area contributed by atoms with Crippen molar-refractivity contribution in [1.82, 2.24) is 14.9 Å². The van der Waals surface area contributed by atoms with Gasteiger partial charge in [0.1, 0.15) is 5.76 Å². The van der Waals surface area contributed by atoms with Crippen LogP contribution in [0.2, 0.25) is 0 Å². The number of rotatable bonds is 6. The van der Waals surface area contributed by atoms with Crippen LogP contribution < -0.4 is 11.1 Å². The zero-order valence-corrected chi connectivity index (χ0v) is 20.3. The average molecular weight is 472 g/mol. The van der Waals surface area contributed by atoms with Crippen LogP contribution in [0.1, 0.15) is 55.6 Å². The van der Waals surface area contributed by atoms with Gasteiger partial charge >= 0.3 is 0 Å². The van der Waals surface area contributed by atoms with Crippen LogP contribution in [0.5, 0.6) is 0 Å².